The number of carbonyl (C=O) groups excluding carboxylic acids is 1. The number of hydrogen-bond donors (Lipinski definition) is 1. The number of rotatable bonds is 3. The van der Waals surface area contributed by atoms with E-state index in [0.717, 1.165) is 40.1 Å². The number of benzene rings is 2. The van der Waals surface area contributed by atoms with Crippen LogP contribution in [0.15, 0.2) is 59.4 Å². The van der Waals surface area contributed by atoms with E-state index in [-0.39, 0.29) is 17.6 Å². The number of hydrogen-bond acceptors (Lipinski definition) is 4. The van der Waals surface area contributed by atoms with E-state index in [9.17, 15) is 9.59 Å². The monoisotopic (exact) mass is 418 g/mol. The molecule has 1 aliphatic heterocycles. The van der Waals surface area contributed by atoms with Gasteiger partial charge in [-0.3, -0.25) is 9.36 Å². The zero-order chi connectivity index (χ0) is 20.7. The molecule has 0 atom stereocenters. The highest BCUT2D eigenvalue weighted by Crippen LogP contribution is 2.31. The number of fused-ring (bicyclic) bond motifs is 1. The lowest BCUT2D eigenvalue weighted by Crippen LogP contribution is -2.40. The molecule has 0 unspecified atom stereocenters. The van der Waals surface area contributed by atoms with Gasteiger partial charge in [-0.2, -0.15) is 0 Å². The fraction of sp³-hybridized carbons (Fsp3) is 0.261. The van der Waals surface area contributed by atoms with Crippen molar-refractivity contribution in [2.75, 3.05) is 13.1 Å². The maximum Gasteiger partial charge on any atom is 0.326 e. The summed E-state index contributed by atoms with van der Waals surface area (Å²) in [7, 11) is 0. The van der Waals surface area contributed by atoms with Crippen molar-refractivity contribution in [3.05, 3.63) is 75.0 Å². The largest absolute Gasteiger partial charge is 0.338 e. The summed E-state index contributed by atoms with van der Waals surface area (Å²) in [6.45, 7) is 3.19. The molecular formula is C23H22N4O2S. The van der Waals surface area contributed by atoms with Crippen LogP contribution in [0.5, 0.6) is 0 Å². The first-order valence-electron chi connectivity index (χ1n) is 10.1. The topological polar surface area (TPSA) is 71.0 Å². The van der Waals surface area contributed by atoms with Gasteiger partial charge in [0.05, 0.1) is 21.7 Å². The van der Waals surface area contributed by atoms with Crippen molar-refractivity contribution in [1.82, 2.24) is 19.4 Å². The fourth-order valence-corrected chi connectivity index (χ4v) is 5.18. The molecule has 0 saturated carbocycles. The number of amides is 1. The highest BCUT2D eigenvalue weighted by atomic mass is 32.1. The van der Waals surface area contributed by atoms with Crippen molar-refractivity contribution in [2.24, 2.45) is 0 Å². The van der Waals surface area contributed by atoms with E-state index in [1.54, 1.807) is 0 Å². The van der Waals surface area contributed by atoms with Gasteiger partial charge >= 0.3 is 5.69 Å². The minimum Gasteiger partial charge on any atom is -0.338 e. The maximum absolute atomic E-state index is 13.3. The van der Waals surface area contributed by atoms with Crippen LogP contribution >= 0.6 is 11.3 Å². The molecule has 3 heterocycles. The molecule has 2 aromatic carbocycles. The first-order valence-corrected chi connectivity index (χ1v) is 10.9. The van der Waals surface area contributed by atoms with Crippen LogP contribution in [0.4, 0.5) is 0 Å². The highest BCUT2D eigenvalue weighted by Gasteiger charge is 2.29. The van der Waals surface area contributed by atoms with Crippen LogP contribution in [-0.4, -0.2) is 38.4 Å². The zero-order valence-electron chi connectivity index (χ0n) is 16.7. The molecule has 1 aliphatic rings. The molecule has 1 N–H and O–H groups in total. The third kappa shape index (κ3) is 3.25. The Hall–Kier alpha value is -3.19. The summed E-state index contributed by atoms with van der Waals surface area (Å²) in [4.78, 5) is 35.9. The van der Waals surface area contributed by atoms with E-state index in [0.29, 0.717) is 18.0 Å². The quantitative estimate of drug-likeness (QED) is 0.541. The zero-order valence-corrected chi connectivity index (χ0v) is 17.5. The third-order valence-electron chi connectivity index (χ3n) is 5.72. The second-order valence-electron chi connectivity index (χ2n) is 7.62. The number of imidazole rings is 1. The predicted octanol–water partition coefficient (Wildman–Crippen LogP) is 4.24. The Balaban J connectivity index is 1.37. The first kappa shape index (κ1) is 18.8. The van der Waals surface area contributed by atoms with Crippen molar-refractivity contribution >= 4 is 28.3 Å². The Kier molecular flexibility index (Phi) is 4.75. The molecule has 0 bridgehead atoms. The van der Waals surface area contributed by atoms with Crippen molar-refractivity contribution in [3.8, 4) is 11.3 Å². The van der Waals surface area contributed by atoms with E-state index < -0.39 is 0 Å². The number of aromatic amines is 1. The van der Waals surface area contributed by atoms with Crippen molar-refractivity contribution < 1.29 is 4.79 Å². The van der Waals surface area contributed by atoms with Crippen LogP contribution in [0.1, 0.15) is 33.6 Å². The first-order chi connectivity index (χ1) is 14.6. The molecule has 1 amide bonds. The lowest BCUT2D eigenvalue weighted by molar-refractivity contribution is 0.0700. The molecule has 4 aromatic rings. The number of nitrogens with one attached hydrogen (secondary N) is 1. The lowest BCUT2D eigenvalue weighted by atomic mass is 10.0. The van der Waals surface area contributed by atoms with Crippen LogP contribution < -0.4 is 5.69 Å². The van der Waals surface area contributed by atoms with Gasteiger partial charge in [0.15, 0.2) is 0 Å². The van der Waals surface area contributed by atoms with Gasteiger partial charge in [0, 0.05) is 24.7 Å². The Morgan fingerprint density at radius 1 is 1.07 bits per heavy atom. The Morgan fingerprint density at radius 2 is 1.77 bits per heavy atom. The summed E-state index contributed by atoms with van der Waals surface area (Å²) in [5.41, 5.74) is 3.43. The second-order valence-corrected chi connectivity index (χ2v) is 8.82. The van der Waals surface area contributed by atoms with Gasteiger partial charge in [0.1, 0.15) is 4.88 Å². The summed E-state index contributed by atoms with van der Waals surface area (Å²) in [5.74, 6) is 0.0316. The molecule has 0 radical (unpaired) electrons. The number of H-pyrrole nitrogens is 1. The summed E-state index contributed by atoms with van der Waals surface area (Å²) in [6.07, 6.45) is 1.51. The number of nitrogens with zero attached hydrogens (tertiary/aromatic N) is 3. The lowest BCUT2D eigenvalue weighted by Gasteiger charge is -2.32. The minimum absolute atomic E-state index is 0.0316. The van der Waals surface area contributed by atoms with Crippen LogP contribution in [0.25, 0.3) is 22.3 Å². The number of likely N-dealkylation sites (tertiary alicyclic amines) is 1. The Bertz CT molecular complexity index is 1260. The van der Waals surface area contributed by atoms with Gasteiger partial charge in [-0.05, 0) is 31.9 Å². The molecule has 0 spiro atoms. The van der Waals surface area contributed by atoms with Crippen LogP contribution in [-0.2, 0) is 0 Å². The van der Waals surface area contributed by atoms with Crippen molar-refractivity contribution in [1.29, 1.82) is 0 Å². The van der Waals surface area contributed by atoms with E-state index >= 15 is 0 Å². The third-order valence-corrected chi connectivity index (χ3v) is 6.68. The molecule has 6 nitrogen and oxygen atoms in total. The molecule has 2 aromatic heterocycles. The van der Waals surface area contributed by atoms with Gasteiger partial charge in [0.25, 0.3) is 5.91 Å². The second kappa shape index (κ2) is 7.57. The minimum atomic E-state index is -0.0783. The average molecular weight is 419 g/mol. The van der Waals surface area contributed by atoms with E-state index in [1.165, 1.54) is 11.3 Å². The summed E-state index contributed by atoms with van der Waals surface area (Å²) in [5, 5.41) is 0.887. The van der Waals surface area contributed by atoms with Crippen molar-refractivity contribution in [3.63, 3.8) is 0 Å². The number of aromatic nitrogens is 3. The summed E-state index contributed by atoms with van der Waals surface area (Å²) < 4.78 is 1.85. The van der Waals surface area contributed by atoms with Crippen LogP contribution in [0, 0.1) is 6.92 Å². The van der Waals surface area contributed by atoms with Gasteiger partial charge in [0.2, 0.25) is 0 Å². The molecule has 30 heavy (non-hydrogen) atoms. The van der Waals surface area contributed by atoms with Crippen LogP contribution in [0.2, 0.25) is 0 Å². The number of piperidine rings is 1. The molecule has 152 valence electrons. The van der Waals surface area contributed by atoms with Gasteiger partial charge in [-0.25, -0.2) is 9.78 Å². The highest BCUT2D eigenvalue weighted by molar-refractivity contribution is 7.14. The van der Waals surface area contributed by atoms with E-state index in [2.05, 4.69) is 9.97 Å². The molecule has 1 fully saturated rings. The standard InChI is InChI=1S/C23H22N4O2S/c1-15-24-20(16-7-3-2-4-8-16)21(30-15)22(28)26-13-11-17(12-14-26)27-19-10-6-5-9-18(19)25-23(27)29/h2-10,17H,11-14H2,1H3,(H,25,29). The Labute approximate surface area is 177 Å². The van der Waals surface area contributed by atoms with Crippen LogP contribution in [0.3, 0.4) is 0 Å². The van der Waals surface area contributed by atoms with Gasteiger partial charge in [-0.15, -0.1) is 11.3 Å². The summed E-state index contributed by atoms with van der Waals surface area (Å²) in [6, 6.07) is 17.7. The number of thiazole rings is 1. The predicted molar refractivity (Wildman–Crippen MR) is 119 cm³/mol. The van der Waals surface area contributed by atoms with E-state index in [4.69, 9.17) is 0 Å². The fourth-order valence-electron chi connectivity index (χ4n) is 4.27. The average Bonchev–Trinajstić information content (AvgIpc) is 3.33. The molecule has 0 aliphatic carbocycles. The van der Waals surface area contributed by atoms with Gasteiger partial charge in [-0.1, -0.05) is 42.5 Å². The van der Waals surface area contributed by atoms with Crippen molar-refractivity contribution in [2.45, 2.75) is 25.8 Å². The van der Waals surface area contributed by atoms with Gasteiger partial charge < -0.3 is 9.88 Å². The molecular weight excluding hydrogens is 396 g/mol. The number of aryl methyl sites for hydroxylation is 1. The maximum atomic E-state index is 13.3. The summed E-state index contributed by atoms with van der Waals surface area (Å²) >= 11 is 1.45. The molecule has 1 saturated heterocycles. The SMILES string of the molecule is Cc1nc(-c2ccccc2)c(C(=O)N2CCC(n3c(=O)[nH]c4ccccc43)CC2)s1. The normalized spacial score (nSPS) is 15.0. The van der Waals surface area contributed by atoms with E-state index in [1.807, 2.05) is 71.0 Å². The molecule has 7 heteroatoms. The molecule has 5 rings (SSSR count). The number of carbonyl (C=O) groups is 1. The smallest absolute Gasteiger partial charge is 0.326 e. The Morgan fingerprint density at radius 3 is 2.53 bits per heavy atom. The number of para-hydroxylation sites is 2.